The maximum atomic E-state index is 11.7. The summed E-state index contributed by atoms with van der Waals surface area (Å²) in [7, 11) is 1.53. The molecular formula is C13H16O6. The van der Waals surface area contributed by atoms with Crippen LogP contribution >= 0.6 is 0 Å². The summed E-state index contributed by atoms with van der Waals surface area (Å²) in [4.78, 5) is 11.7. The number of methoxy groups -OCH3 is 1. The second-order valence-electron chi connectivity index (χ2n) is 3.96. The van der Waals surface area contributed by atoms with Gasteiger partial charge in [0.2, 0.25) is 6.79 Å². The van der Waals surface area contributed by atoms with Gasteiger partial charge in [-0.15, -0.1) is 0 Å². The van der Waals surface area contributed by atoms with E-state index in [9.17, 15) is 9.90 Å². The molecule has 1 aromatic carbocycles. The van der Waals surface area contributed by atoms with Gasteiger partial charge in [-0.05, 0) is 18.6 Å². The van der Waals surface area contributed by atoms with Gasteiger partial charge in [0.15, 0.2) is 17.6 Å². The van der Waals surface area contributed by atoms with Crippen LogP contribution < -0.4 is 9.47 Å². The SMILES string of the molecule is CCOC(=O)C(O)c1c(COC)ccc2c1OCO2. The molecule has 0 amide bonds. The molecule has 0 spiro atoms. The Labute approximate surface area is 110 Å². The molecule has 6 nitrogen and oxygen atoms in total. The van der Waals surface area contributed by atoms with Crippen molar-refractivity contribution in [3.05, 3.63) is 23.3 Å². The number of ether oxygens (including phenoxy) is 4. The number of carbonyl (C=O) groups is 1. The van der Waals surface area contributed by atoms with Gasteiger partial charge in [-0.1, -0.05) is 6.07 Å². The third-order valence-corrected chi connectivity index (χ3v) is 2.75. The molecule has 1 aromatic rings. The van der Waals surface area contributed by atoms with E-state index in [0.29, 0.717) is 22.6 Å². The molecule has 1 atom stereocenters. The van der Waals surface area contributed by atoms with Crippen LogP contribution in [0.4, 0.5) is 0 Å². The van der Waals surface area contributed by atoms with Crippen molar-refractivity contribution >= 4 is 5.97 Å². The minimum absolute atomic E-state index is 0.0638. The lowest BCUT2D eigenvalue weighted by atomic mass is 10.0. The monoisotopic (exact) mass is 268 g/mol. The zero-order valence-electron chi connectivity index (χ0n) is 10.8. The maximum absolute atomic E-state index is 11.7. The Morgan fingerprint density at radius 2 is 2.26 bits per heavy atom. The molecular weight excluding hydrogens is 252 g/mol. The highest BCUT2D eigenvalue weighted by Gasteiger charge is 2.30. The Morgan fingerprint density at radius 3 is 2.95 bits per heavy atom. The van der Waals surface area contributed by atoms with Crippen LogP contribution in [0, 0.1) is 0 Å². The van der Waals surface area contributed by atoms with Crippen LogP contribution in [0.25, 0.3) is 0 Å². The van der Waals surface area contributed by atoms with Gasteiger partial charge in [-0.3, -0.25) is 0 Å². The molecule has 1 heterocycles. The Balaban J connectivity index is 2.40. The number of carbonyl (C=O) groups excluding carboxylic acids is 1. The highest BCUT2D eigenvalue weighted by atomic mass is 16.7. The minimum Gasteiger partial charge on any atom is -0.464 e. The van der Waals surface area contributed by atoms with Crippen molar-refractivity contribution in [1.29, 1.82) is 0 Å². The van der Waals surface area contributed by atoms with Gasteiger partial charge >= 0.3 is 5.97 Å². The molecule has 19 heavy (non-hydrogen) atoms. The number of fused-ring (bicyclic) bond motifs is 1. The number of hydrogen-bond donors (Lipinski definition) is 1. The van der Waals surface area contributed by atoms with Gasteiger partial charge in [0.25, 0.3) is 0 Å². The highest BCUT2D eigenvalue weighted by molar-refractivity contribution is 5.78. The minimum atomic E-state index is -1.42. The largest absolute Gasteiger partial charge is 0.464 e. The zero-order valence-corrected chi connectivity index (χ0v) is 10.8. The van der Waals surface area contributed by atoms with E-state index in [4.69, 9.17) is 18.9 Å². The van der Waals surface area contributed by atoms with Crippen molar-refractivity contribution in [2.75, 3.05) is 20.5 Å². The summed E-state index contributed by atoms with van der Waals surface area (Å²) in [5, 5.41) is 10.1. The predicted octanol–water partition coefficient (Wildman–Crippen LogP) is 1.16. The second-order valence-corrected chi connectivity index (χ2v) is 3.96. The lowest BCUT2D eigenvalue weighted by molar-refractivity contribution is -0.153. The van der Waals surface area contributed by atoms with Crippen molar-refractivity contribution in [2.45, 2.75) is 19.6 Å². The molecule has 1 aliphatic heterocycles. The number of benzene rings is 1. The molecule has 0 aliphatic carbocycles. The first kappa shape index (κ1) is 13.6. The number of hydrogen-bond acceptors (Lipinski definition) is 6. The lowest BCUT2D eigenvalue weighted by Crippen LogP contribution is -2.17. The third-order valence-electron chi connectivity index (χ3n) is 2.75. The average molecular weight is 268 g/mol. The quantitative estimate of drug-likeness (QED) is 0.808. The summed E-state index contributed by atoms with van der Waals surface area (Å²) in [5.41, 5.74) is 1.00. The van der Waals surface area contributed by atoms with Gasteiger partial charge in [-0.2, -0.15) is 0 Å². The number of aliphatic hydroxyl groups is 1. The average Bonchev–Trinajstić information content (AvgIpc) is 2.86. The molecule has 0 bridgehead atoms. The standard InChI is InChI=1S/C13H16O6/c1-3-17-13(15)11(14)10-8(6-16-2)4-5-9-12(10)19-7-18-9/h4-5,11,14H,3,6-7H2,1-2H3. The molecule has 0 fully saturated rings. The van der Waals surface area contributed by atoms with Crippen LogP contribution in [-0.2, 0) is 20.9 Å². The van der Waals surface area contributed by atoms with E-state index in [0.717, 1.165) is 0 Å². The van der Waals surface area contributed by atoms with E-state index in [-0.39, 0.29) is 20.0 Å². The molecule has 104 valence electrons. The molecule has 1 unspecified atom stereocenters. The Morgan fingerprint density at radius 1 is 1.47 bits per heavy atom. The van der Waals surface area contributed by atoms with Crippen molar-refractivity contribution in [3.8, 4) is 11.5 Å². The Kier molecular flexibility index (Phi) is 4.24. The summed E-state index contributed by atoms with van der Waals surface area (Å²) in [6, 6.07) is 3.45. The Hall–Kier alpha value is -1.79. The topological polar surface area (TPSA) is 74.2 Å². The smallest absolute Gasteiger partial charge is 0.339 e. The molecule has 0 aromatic heterocycles. The molecule has 0 radical (unpaired) electrons. The third kappa shape index (κ3) is 2.64. The van der Waals surface area contributed by atoms with Gasteiger partial charge in [0.05, 0.1) is 13.2 Å². The van der Waals surface area contributed by atoms with Crippen molar-refractivity contribution in [2.24, 2.45) is 0 Å². The molecule has 1 aliphatic rings. The summed E-state index contributed by atoms with van der Waals surface area (Å²) < 4.78 is 20.4. The Bertz CT molecular complexity index is 470. The van der Waals surface area contributed by atoms with Crippen LogP contribution in [0.15, 0.2) is 12.1 Å². The number of aliphatic hydroxyl groups excluding tert-OH is 1. The van der Waals surface area contributed by atoms with E-state index in [2.05, 4.69) is 0 Å². The number of esters is 1. The van der Waals surface area contributed by atoms with Crippen LogP contribution in [0.1, 0.15) is 24.2 Å². The number of rotatable bonds is 5. The first-order chi connectivity index (χ1) is 9.19. The first-order valence-electron chi connectivity index (χ1n) is 5.94. The van der Waals surface area contributed by atoms with E-state index in [1.807, 2.05) is 0 Å². The van der Waals surface area contributed by atoms with Gasteiger partial charge < -0.3 is 24.1 Å². The van der Waals surface area contributed by atoms with Crippen LogP contribution in [0.5, 0.6) is 11.5 Å². The normalized spacial score (nSPS) is 14.3. The first-order valence-corrected chi connectivity index (χ1v) is 5.94. The fraction of sp³-hybridized carbons (Fsp3) is 0.462. The lowest BCUT2D eigenvalue weighted by Gasteiger charge is -2.16. The van der Waals surface area contributed by atoms with Gasteiger partial charge in [-0.25, -0.2) is 4.79 Å². The van der Waals surface area contributed by atoms with E-state index >= 15 is 0 Å². The van der Waals surface area contributed by atoms with E-state index < -0.39 is 12.1 Å². The van der Waals surface area contributed by atoms with Crippen LogP contribution in [0.3, 0.4) is 0 Å². The summed E-state index contributed by atoms with van der Waals surface area (Å²) in [5.74, 6) is 0.150. The summed E-state index contributed by atoms with van der Waals surface area (Å²) >= 11 is 0. The van der Waals surface area contributed by atoms with Crippen molar-refractivity contribution in [3.63, 3.8) is 0 Å². The molecule has 1 N–H and O–H groups in total. The van der Waals surface area contributed by atoms with E-state index in [1.165, 1.54) is 7.11 Å². The van der Waals surface area contributed by atoms with Gasteiger partial charge in [0.1, 0.15) is 0 Å². The van der Waals surface area contributed by atoms with Crippen molar-refractivity contribution < 1.29 is 28.8 Å². The van der Waals surface area contributed by atoms with Gasteiger partial charge in [0, 0.05) is 12.7 Å². The second kappa shape index (κ2) is 5.90. The highest BCUT2D eigenvalue weighted by Crippen LogP contribution is 2.41. The predicted molar refractivity (Wildman–Crippen MR) is 64.9 cm³/mol. The van der Waals surface area contributed by atoms with Crippen molar-refractivity contribution in [1.82, 2.24) is 0 Å². The molecule has 0 saturated heterocycles. The molecule has 6 heteroatoms. The van der Waals surface area contributed by atoms with E-state index in [1.54, 1.807) is 19.1 Å². The summed E-state index contributed by atoms with van der Waals surface area (Å²) in [6.45, 7) is 2.19. The molecule has 0 saturated carbocycles. The van der Waals surface area contributed by atoms with Crippen LogP contribution in [0.2, 0.25) is 0 Å². The zero-order chi connectivity index (χ0) is 13.8. The van der Waals surface area contributed by atoms with Crippen LogP contribution in [-0.4, -0.2) is 31.6 Å². The fourth-order valence-electron chi connectivity index (χ4n) is 1.95. The summed E-state index contributed by atoms with van der Waals surface area (Å²) in [6.07, 6.45) is -1.42. The maximum Gasteiger partial charge on any atom is 0.339 e. The molecule has 2 rings (SSSR count). The fourth-order valence-corrected chi connectivity index (χ4v) is 1.95.